The Morgan fingerprint density at radius 3 is 2.55 bits per heavy atom. The monoisotopic (exact) mass is 421 g/mol. The first kappa shape index (κ1) is 22.0. The molecule has 3 amide bonds. The van der Waals surface area contributed by atoms with Crippen LogP contribution in [0.4, 0.5) is 10.5 Å². The molecule has 0 saturated carbocycles. The average molecular weight is 422 g/mol. The molecule has 0 radical (unpaired) electrons. The van der Waals surface area contributed by atoms with E-state index in [0.717, 1.165) is 11.1 Å². The Morgan fingerprint density at radius 1 is 1.10 bits per heavy atom. The van der Waals surface area contributed by atoms with Crippen LogP contribution in [0.25, 0.3) is 0 Å². The lowest BCUT2D eigenvalue weighted by atomic mass is 10.1. The molecule has 0 aliphatic carbocycles. The lowest BCUT2D eigenvalue weighted by molar-refractivity contribution is -0.116. The second-order valence-electron chi connectivity index (χ2n) is 7.44. The summed E-state index contributed by atoms with van der Waals surface area (Å²) in [6.45, 7) is 2.41. The minimum atomic E-state index is -0.484. The molecule has 1 heterocycles. The number of rotatable bonds is 8. The molecular weight excluding hydrogens is 394 g/mol. The number of carbonyl (C=O) groups excluding carboxylic acids is 2. The summed E-state index contributed by atoms with van der Waals surface area (Å²) in [5, 5.41) is 15.6. The van der Waals surface area contributed by atoms with Gasteiger partial charge < -0.3 is 20.9 Å². The van der Waals surface area contributed by atoms with Crippen molar-refractivity contribution in [3.63, 3.8) is 0 Å². The van der Waals surface area contributed by atoms with Gasteiger partial charge in [-0.25, -0.2) is 9.78 Å². The number of aromatic amines is 1. The third-order valence-corrected chi connectivity index (χ3v) is 4.40. The van der Waals surface area contributed by atoms with Gasteiger partial charge in [-0.2, -0.15) is 5.10 Å². The van der Waals surface area contributed by atoms with Gasteiger partial charge in [0.2, 0.25) is 5.91 Å². The Morgan fingerprint density at radius 2 is 1.87 bits per heavy atom. The summed E-state index contributed by atoms with van der Waals surface area (Å²) in [7, 11) is 3.67. The van der Waals surface area contributed by atoms with Gasteiger partial charge in [-0.1, -0.05) is 42.5 Å². The fraction of sp³-hybridized carbons (Fsp3) is 0.273. The van der Waals surface area contributed by atoms with Gasteiger partial charge in [-0.3, -0.25) is 9.89 Å². The van der Waals surface area contributed by atoms with E-state index in [0.29, 0.717) is 30.4 Å². The molecule has 0 aliphatic rings. The number of H-pyrrole nitrogens is 1. The van der Waals surface area contributed by atoms with Crippen LogP contribution in [0.15, 0.2) is 54.6 Å². The van der Waals surface area contributed by atoms with Crippen molar-refractivity contribution in [1.29, 1.82) is 0 Å². The van der Waals surface area contributed by atoms with E-state index < -0.39 is 6.04 Å². The van der Waals surface area contributed by atoms with Gasteiger partial charge in [-0.05, 0) is 44.3 Å². The lowest BCUT2D eigenvalue weighted by Crippen LogP contribution is -2.38. The van der Waals surface area contributed by atoms with E-state index in [-0.39, 0.29) is 11.9 Å². The highest BCUT2D eigenvalue weighted by Gasteiger charge is 2.20. The summed E-state index contributed by atoms with van der Waals surface area (Å²) in [4.78, 5) is 30.7. The van der Waals surface area contributed by atoms with E-state index in [1.54, 1.807) is 4.90 Å². The maximum absolute atomic E-state index is 12.6. The number of nitrogens with zero attached hydrogens (tertiary/aromatic N) is 3. The van der Waals surface area contributed by atoms with Gasteiger partial charge >= 0.3 is 6.03 Å². The summed E-state index contributed by atoms with van der Waals surface area (Å²) in [5.41, 5.74) is 2.43. The SMILES string of the molecule is Cc1nc(C(NC(=O)NCc2cccc(NC(=O)CN(C)C)c2)c2ccccc2)n[nH]1. The molecule has 31 heavy (non-hydrogen) atoms. The largest absolute Gasteiger partial charge is 0.334 e. The number of carbonyl (C=O) groups is 2. The Hall–Kier alpha value is -3.72. The second-order valence-corrected chi connectivity index (χ2v) is 7.44. The number of hydrogen-bond donors (Lipinski definition) is 4. The minimum Gasteiger partial charge on any atom is -0.334 e. The van der Waals surface area contributed by atoms with Crippen LogP contribution in [0, 0.1) is 6.92 Å². The molecule has 162 valence electrons. The maximum atomic E-state index is 12.6. The number of nitrogens with one attached hydrogen (secondary N) is 4. The van der Waals surface area contributed by atoms with Crippen LogP contribution < -0.4 is 16.0 Å². The molecule has 0 fully saturated rings. The molecule has 0 aliphatic heterocycles. The topological polar surface area (TPSA) is 115 Å². The van der Waals surface area contributed by atoms with Crippen LogP contribution in [0.1, 0.15) is 28.8 Å². The molecule has 0 saturated heterocycles. The van der Waals surface area contributed by atoms with E-state index in [1.807, 2.05) is 75.6 Å². The first-order chi connectivity index (χ1) is 14.9. The smallest absolute Gasteiger partial charge is 0.315 e. The van der Waals surface area contributed by atoms with Crippen molar-refractivity contribution in [3.8, 4) is 0 Å². The molecule has 0 bridgehead atoms. The zero-order valence-corrected chi connectivity index (χ0v) is 17.8. The molecule has 1 unspecified atom stereocenters. The summed E-state index contributed by atoms with van der Waals surface area (Å²) in [6, 6.07) is 16.1. The van der Waals surface area contributed by atoms with Crippen LogP contribution in [0.2, 0.25) is 0 Å². The summed E-state index contributed by atoms with van der Waals surface area (Å²) in [6.07, 6.45) is 0. The number of likely N-dealkylation sites (N-methyl/N-ethyl adjacent to an activating group) is 1. The quantitative estimate of drug-likeness (QED) is 0.445. The van der Waals surface area contributed by atoms with Gasteiger partial charge in [-0.15, -0.1) is 0 Å². The Labute approximate surface area is 181 Å². The summed E-state index contributed by atoms with van der Waals surface area (Å²) in [5.74, 6) is 1.07. The zero-order valence-electron chi connectivity index (χ0n) is 17.8. The van der Waals surface area contributed by atoms with E-state index in [9.17, 15) is 9.59 Å². The van der Waals surface area contributed by atoms with Gasteiger partial charge in [0.15, 0.2) is 5.82 Å². The lowest BCUT2D eigenvalue weighted by Gasteiger charge is -2.17. The molecule has 1 aromatic heterocycles. The fourth-order valence-corrected chi connectivity index (χ4v) is 3.04. The number of anilines is 1. The number of benzene rings is 2. The van der Waals surface area contributed by atoms with Crippen LogP contribution in [0.3, 0.4) is 0 Å². The molecule has 0 spiro atoms. The van der Waals surface area contributed by atoms with E-state index in [2.05, 4.69) is 31.1 Å². The number of hydrogen-bond acceptors (Lipinski definition) is 5. The van der Waals surface area contributed by atoms with Crippen LogP contribution in [-0.2, 0) is 11.3 Å². The van der Waals surface area contributed by atoms with Gasteiger partial charge in [0.05, 0.1) is 6.54 Å². The minimum absolute atomic E-state index is 0.0969. The molecule has 3 aromatic rings. The fourth-order valence-electron chi connectivity index (χ4n) is 3.04. The normalized spacial score (nSPS) is 11.7. The van der Waals surface area contributed by atoms with Crippen molar-refractivity contribution in [2.45, 2.75) is 19.5 Å². The first-order valence-corrected chi connectivity index (χ1v) is 9.92. The summed E-state index contributed by atoms with van der Waals surface area (Å²) < 4.78 is 0. The van der Waals surface area contributed by atoms with Crippen molar-refractivity contribution in [2.24, 2.45) is 0 Å². The third kappa shape index (κ3) is 6.65. The first-order valence-electron chi connectivity index (χ1n) is 9.92. The van der Waals surface area contributed by atoms with Crippen molar-refractivity contribution in [2.75, 3.05) is 26.0 Å². The third-order valence-electron chi connectivity index (χ3n) is 4.40. The molecular formula is C22H27N7O2. The summed E-state index contributed by atoms with van der Waals surface area (Å²) >= 11 is 0. The molecule has 1 atom stereocenters. The van der Waals surface area contributed by atoms with E-state index in [1.165, 1.54) is 0 Å². The van der Waals surface area contributed by atoms with E-state index in [4.69, 9.17) is 0 Å². The number of amides is 3. The molecule has 3 rings (SSSR count). The van der Waals surface area contributed by atoms with Crippen molar-refractivity contribution in [3.05, 3.63) is 77.4 Å². The standard InChI is InChI=1S/C22H27N7O2/c1-15-24-21(28-27-15)20(17-9-5-4-6-10-17)26-22(31)23-13-16-8-7-11-18(12-16)25-19(30)14-29(2)3/h4-12,20H,13-14H2,1-3H3,(H,25,30)(H2,23,26,31)(H,24,27,28). The van der Waals surface area contributed by atoms with Gasteiger partial charge in [0.1, 0.15) is 11.9 Å². The number of aromatic nitrogens is 3. The van der Waals surface area contributed by atoms with Crippen LogP contribution in [0.5, 0.6) is 0 Å². The number of urea groups is 1. The van der Waals surface area contributed by atoms with Crippen molar-refractivity contribution in [1.82, 2.24) is 30.7 Å². The Bertz CT molecular complexity index is 1020. The number of aryl methyl sites for hydroxylation is 1. The highest BCUT2D eigenvalue weighted by molar-refractivity contribution is 5.92. The molecule has 4 N–H and O–H groups in total. The van der Waals surface area contributed by atoms with Crippen molar-refractivity contribution < 1.29 is 9.59 Å². The van der Waals surface area contributed by atoms with Gasteiger partial charge in [0, 0.05) is 12.2 Å². The average Bonchev–Trinajstić information content (AvgIpc) is 3.16. The van der Waals surface area contributed by atoms with Crippen LogP contribution in [-0.4, -0.2) is 52.7 Å². The second kappa shape index (κ2) is 10.4. The van der Waals surface area contributed by atoms with Gasteiger partial charge in [0.25, 0.3) is 0 Å². The zero-order chi connectivity index (χ0) is 22.2. The van der Waals surface area contributed by atoms with Crippen molar-refractivity contribution >= 4 is 17.6 Å². The predicted molar refractivity (Wildman–Crippen MR) is 118 cm³/mol. The molecule has 9 heteroatoms. The highest BCUT2D eigenvalue weighted by Crippen LogP contribution is 2.18. The highest BCUT2D eigenvalue weighted by atomic mass is 16.2. The Balaban J connectivity index is 1.62. The predicted octanol–water partition coefficient (Wildman–Crippen LogP) is 2.20. The molecule has 9 nitrogen and oxygen atoms in total. The van der Waals surface area contributed by atoms with E-state index >= 15 is 0 Å². The Kier molecular flexibility index (Phi) is 7.34. The maximum Gasteiger partial charge on any atom is 0.315 e. The van der Waals surface area contributed by atoms with Crippen LogP contribution >= 0.6 is 0 Å². The molecule has 2 aromatic carbocycles.